The minimum atomic E-state index is -1.15. The smallest absolute Gasteiger partial charge is 0.335 e. The van der Waals surface area contributed by atoms with Crippen LogP contribution < -0.4 is 0 Å². The van der Waals surface area contributed by atoms with Crippen LogP contribution in [-0.4, -0.2) is 27.9 Å². The monoisotopic (exact) mass is 302 g/mol. The number of hydrogen-bond donors (Lipinski definition) is 2. The Labute approximate surface area is 124 Å². The largest absolute Gasteiger partial charge is 0.480 e. The molecule has 21 heavy (non-hydrogen) atoms. The van der Waals surface area contributed by atoms with Crippen LogP contribution in [-0.2, 0) is 16.0 Å². The van der Waals surface area contributed by atoms with E-state index in [1.165, 1.54) is 23.9 Å². The molecule has 1 aromatic rings. The molecule has 0 radical (unpaired) electrons. The number of hydrogen-bond acceptors (Lipinski definition) is 4. The van der Waals surface area contributed by atoms with Crippen molar-refractivity contribution in [3.63, 3.8) is 0 Å². The van der Waals surface area contributed by atoms with Gasteiger partial charge in [0.25, 0.3) is 0 Å². The number of aliphatic carboxylic acids is 1. The summed E-state index contributed by atoms with van der Waals surface area (Å²) in [6.07, 6.45) is 3.35. The number of allylic oxidation sites excluding steroid dienone is 2. The molecule has 0 bridgehead atoms. The molecule has 0 saturated heterocycles. The highest BCUT2D eigenvalue weighted by Crippen LogP contribution is 2.42. The van der Waals surface area contributed by atoms with Crippen LogP contribution in [0.1, 0.15) is 15.9 Å². The summed E-state index contributed by atoms with van der Waals surface area (Å²) in [5.41, 5.74) is 1.53. The molecule has 0 fully saturated rings. The van der Waals surface area contributed by atoms with Gasteiger partial charge >= 0.3 is 11.9 Å². The molecular formula is C15H10O5S. The number of benzene rings is 1. The zero-order valence-electron chi connectivity index (χ0n) is 10.7. The second-order valence-electron chi connectivity index (χ2n) is 4.79. The van der Waals surface area contributed by atoms with Gasteiger partial charge in [-0.1, -0.05) is 30.0 Å². The Kier molecular flexibility index (Phi) is 3.17. The SMILES string of the molecule is O=C(O)c1ccc2c(c1)SC1=C(C2)C(=O)C(C(=O)O)C=C1. The Morgan fingerprint density at radius 2 is 2.00 bits per heavy atom. The normalized spacial score (nSPS) is 20.0. The van der Waals surface area contributed by atoms with Gasteiger partial charge in [0.05, 0.1) is 5.56 Å². The van der Waals surface area contributed by atoms with Gasteiger partial charge in [-0.3, -0.25) is 9.59 Å². The van der Waals surface area contributed by atoms with E-state index < -0.39 is 17.9 Å². The summed E-state index contributed by atoms with van der Waals surface area (Å²) in [5.74, 6) is -3.66. The fourth-order valence-corrected chi connectivity index (χ4v) is 3.52. The van der Waals surface area contributed by atoms with Crippen LogP contribution in [0, 0.1) is 5.92 Å². The first-order chi connectivity index (χ1) is 9.97. The summed E-state index contributed by atoms with van der Waals surface area (Å²) in [5, 5.41) is 18.0. The minimum absolute atomic E-state index is 0.194. The van der Waals surface area contributed by atoms with Crippen molar-refractivity contribution in [3.05, 3.63) is 52.0 Å². The number of thioether (sulfide) groups is 1. The molecule has 5 nitrogen and oxygen atoms in total. The van der Waals surface area contributed by atoms with Crippen molar-refractivity contribution >= 4 is 29.5 Å². The van der Waals surface area contributed by atoms with Gasteiger partial charge in [-0.05, 0) is 17.7 Å². The van der Waals surface area contributed by atoms with E-state index in [1.54, 1.807) is 18.2 Å². The van der Waals surface area contributed by atoms with Crippen molar-refractivity contribution in [3.8, 4) is 0 Å². The molecule has 2 N–H and O–H groups in total. The summed E-state index contributed by atoms with van der Waals surface area (Å²) in [7, 11) is 0. The van der Waals surface area contributed by atoms with Crippen LogP contribution in [0.3, 0.4) is 0 Å². The third-order valence-corrected chi connectivity index (χ3v) is 4.69. The number of aromatic carboxylic acids is 1. The van der Waals surface area contributed by atoms with E-state index >= 15 is 0 Å². The van der Waals surface area contributed by atoms with Gasteiger partial charge in [0, 0.05) is 21.8 Å². The first-order valence-electron chi connectivity index (χ1n) is 6.20. The molecule has 1 heterocycles. The molecule has 1 unspecified atom stereocenters. The first kappa shape index (κ1) is 13.6. The van der Waals surface area contributed by atoms with Crippen LogP contribution >= 0.6 is 11.8 Å². The topological polar surface area (TPSA) is 91.7 Å². The first-order valence-corrected chi connectivity index (χ1v) is 7.01. The Balaban J connectivity index is 1.98. The quantitative estimate of drug-likeness (QED) is 0.813. The molecule has 1 aliphatic heterocycles. The molecule has 2 aliphatic rings. The van der Waals surface area contributed by atoms with E-state index in [0.717, 1.165) is 10.5 Å². The molecule has 3 rings (SSSR count). The predicted molar refractivity (Wildman–Crippen MR) is 75.3 cm³/mol. The van der Waals surface area contributed by atoms with E-state index in [-0.39, 0.29) is 11.3 Å². The zero-order valence-corrected chi connectivity index (χ0v) is 11.5. The Morgan fingerprint density at radius 1 is 1.24 bits per heavy atom. The van der Waals surface area contributed by atoms with Gasteiger partial charge in [-0.2, -0.15) is 0 Å². The summed E-state index contributed by atoms with van der Waals surface area (Å²) in [4.78, 5) is 35.7. The van der Waals surface area contributed by atoms with Gasteiger partial charge in [-0.15, -0.1) is 0 Å². The van der Waals surface area contributed by atoms with Crippen LogP contribution in [0.4, 0.5) is 0 Å². The van der Waals surface area contributed by atoms with Gasteiger partial charge in [0.2, 0.25) is 0 Å². The van der Waals surface area contributed by atoms with Gasteiger partial charge in [-0.25, -0.2) is 4.79 Å². The highest BCUT2D eigenvalue weighted by Gasteiger charge is 2.33. The third kappa shape index (κ3) is 2.27. The maximum Gasteiger partial charge on any atom is 0.335 e. The van der Waals surface area contributed by atoms with Crippen molar-refractivity contribution in [2.45, 2.75) is 11.3 Å². The van der Waals surface area contributed by atoms with Crippen LogP contribution in [0.5, 0.6) is 0 Å². The van der Waals surface area contributed by atoms with E-state index in [1.807, 2.05) is 0 Å². The van der Waals surface area contributed by atoms with Crippen LogP contribution in [0.25, 0.3) is 0 Å². The standard InChI is InChI=1S/C15H10O5S/c16-13-9(15(19)20)3-4-11-10(13)5-7-1-2-8(14(17)18)6-12(7)21-11/h1-4,6,9H,5H2,(H,17,18)(H,19,20). The zero-order chi connectivity index (χ0) is 15.1. The number of carboxylic acid groups (broad SMARTS) is 2. The molecule has 1 aliphatic carbocycles. The van der Waals surface area contributed by atoms with Gasteiger partial charge < -0.3 is 10.2 Å². The van der Waals surface area contributed by atoms with Crippen molar-refractivity contribution in [2.24, 2.45) is 5.92 Å². The second-order valence-corrected chi connectivity index (χ2v) is 5.87. The number of carbonyl (C=O) groups is 3. The maximum atomic E-state index is 12.2. The van der Waals surface area contributed by atoms with E-state index in [0.29, 0.717) is 16.9 Å². The van der Waals surface area contributed by atoms with E-state index in [9.17, 15) is 14.4 Å². The number of carbonyl (C=O) groups excluding carboxylic acids is 1. The molecule has 0 saturated carbocycles. The van der Waals surface area contributed by atoms with Crippen LogP contribution in [0.15, 0.2) is 45.7 Å². The number of fused-ring (bicyclic) bond motifs is 1. The van der Waals surface area contributed by atoms with Crippen molar-refractivity contribution in [1.29, 1.82) is 0 Å². The molecular weight excluding hydrogens is 292 g/mol. The molecule has 0 aromatic heterocycles. The molecule has 6 heteroatoms. The molecule has 0 spiro atoms. The lowest BCUT2D eigenvalue weighted by molar-refractivity contribution is -0.143. The summed E-state index contributed by atoms with van der Waals surface area (Å²) in [6.45, 7) is 0. The van der Waals surface area contributed by atoms with Crippen molar-refractivity contribution < 1.29 is 24.6 Å². The van der Waals surface area contributed by atoms with E-state index in [2.05, 4.69) is 0 Å². The van der Waals surface area contributed by atoms with Crippen molar-refractivity contribution in [1.82, 2.24) is 0 Å². The highest BCUT2D eigenvalue weighted by atomic mass is 32.2. The van der Waals surface area contributed by atoms with Gasteiger partial charge in [0.1, 0.15) is 5.92 Å². The molecule has 0 amide bonds. The number of ketones is 1. The lowest BCUT2D eigenvalue weighted by Crippen LogP contribution is -2.28. The number of rotatable bonds is 2. The fraction of sp³-hybridized carbons (Fsp3) is 0.133. The second kappa shape index (κ2) is 4.89. The molecule has 1 atom stereocenters. The summed E-state index contributed by atoms with van der Waals surface area (Å²) < 4.78 is 0. The average Bonchev–Trinajstić information content (AvgIpc) is 2.45. The Morgan fingerprint density at radius 3 is 2.67 bits per heavy atom. The molecule has 1 aromatic carbocycles. The Hall–Kier alpha value is -2.34. The summed E-state index contributed by atoms with van der Waals surface area (Å²) in [6, 6.07) is 4.75. The minimum Gasteiger partial charge on any atom is -0.480 e. The lowest BCUT2D eigenvalue weighted by Gasteiger charge is -2.24. The highest BCUT2D eigenvalue weighted by molar-refractivity contribution is 8.03. The number of Topliss-reactive ketones (excluding diaryl/α,β-unsaturated/α-hetero) is 1. The predicted octanol–water partition coefficient (Wildman–Crippen LogP) is 2.13. The fourth-order valence-electron chi connectivity index (χ4n) is 2.38. The maximum absolute atomic E-state index is 12.2. The average molecular weight is 302 g/mol. The van der Waals surface area contributed by atoms with Crippen molar-refractivity contribution in [2.75, 3.05) is 0 Å². The van der Waals surface area contributed by atoms with Gasteiger partial charge in [0.15, 0.2) is 5.78 Å². The molecule has 106 valence electrons. The summed E-state index contributed by atoms with van der Waals surface area (Å²) >= 11 is 1.31. The Bertz CT molecular complexity index is 744. The lowest BCUT2D eigenvalue weighted by atomic mass is 9.88. The number of carboxylic acids is 2. The van der Waals surface area contributed by atoms with E-state index in [4.69, 9.17) is 10.2 Å². The third-order valence-electron chi connectivity index (χ3n) is 3.48. The van der Waals surface area contributed by atoms with Crippen LogP contribution in [0.2, 0.25) is 0 Å².